The Labute approximate surface area is 134 Å². The number of nitrogens with zero attached hydrogens (tertiary/aromatic N) is 1. The van der Waals surface area contributed by atoms with Gasteiger partial charge in [-0.05, 0) is 36.8 Å². The maximum atomic E-state index is 5.82. The number of aromatic nitrogens is 1. The van der Waals surface area contributed by atoms with E-state index in [4.69, 9.17) is 10.5 Å². The number of anilines is 1. The maximum absolute atomic E-state index is 5.82. The van der Waals surface area contributed by atoms with Crippen LogP contribution in [0, 0.1) is 6.92 Å². The molecule has 0 spiro atoms. The molecule has 2 aromatic carbocycles. The molecular formula is C18H18N2OS. The van der Waals surface area contributed by atoms with Crippen LogP contribution in [0.15, 0.2) is 53.9 Å². The quantitative estimate of drug-likeness (QED) is 0.714. The summed E-state index contributed by atoms with van der Waals surface area (Å²) in [5, 5.41) is 3.14. The predicted octanol–water partition coefficient (Wildman–Crippen LogP) is 4.32. The number of aryl methyl sites for hydroxylation is 1. The van der Waals surface area contributed by atoms with Crippen molar-refractivity contribution in [3.63, 3.8) is 0 Å². The molecule has 112 valence electrons. The number of rotatable bonds is 5. The molecule has 0 unspecified atom stereocenters. The maximum Gasteiger partial charge on any atom is 0.119 e. The zero-order chi connectivity index (χ0) is 15.4. The van der Waals surface area contributed by atoms with Crippen LogP contribution in [-0.2, 0) is 6.42 Å². The lowest BCUT2D eigenvalue weighted by molar-refractivity contribution is 0.321. The Morgan fingerprint density at radius 2 is 2.00 bits per heavy atom. The third-order valence-corrected chi connectivity index (χ3v) is 4.22. The average Bonchev–Trinajstić information content (AvgIpc) is 2.96. The van der Waals surface area contributed by atoms with Gasteiger partial charge in [0, 0.05) is 23.1 Å². The van der Waals surface area contributed by atoms with Gasteiger partial charge in [-0.15, -0.1) is 11.3 Å². The van der Waals surface area contributed by atoms with E-state index >= 15 is 0 Å². The molecule has 22 heavy (non-hydrogen) atoms. The number of ether oxygens (including phenoxy) is 1. The van der Waals surface area contributed by atoms with E-state index < -0.39 is 0 Å². The summed E-state index contributed by atoms with van der Waals surface area (Å²) in [5.74, 6) is 0.910. The van der Waals surface area contributed by atoms with E-state index in [1.54, 1.807) is 11.3 Å². The van der Waals surface area contributed by atoms with Gasteiger partial charge in [-0.2, -0.15) is 0 Å². The Bertz CT molecular complexity index is 767. The fourth-order valence-electron chi connectivity index (χ4n) is 2.22. The van der Waals surface area contributed by atoms with Crippen molar-refractivity contribution in [2.45, 2.75) is 13.3 Å². The number of nitrogen functional groups attached to an aromatic ring is 1. The molecule has 0 aliphatic heterocycles. The first-order valence-corrected chi connectivity index (χ1v) is 8.08. The third-order valence-electron chi connectivity index (χ3n) is 3.31. The van der Waals surface area contributed by atoms with Crippen LogP contribution in [0.1, 0.15) is 10.6 Å². The minimum atomic E-state index is 0.632. The van der Waals surface area contributed by atoms with E-state index in [2.05, 4.69) is 23.4 Å². The number of hydrogen-bond acceptors (Lipinski definition) is 4. The molecule has 0 bridgehead atoms. The lowest BCUT2D eigenvalue weighted by atomic mass is 10.1. The Morgan fingerprint density at radius 1 is 1.14 bits per heavy atom. The van der Waals surface area contributed by atoms with Gasteiger partial charge in [0.25, 0.3) is 0 Å². The van der Waals surface area contributed by atoms with Crippen LogP contribution in [-0.4, -0.2) is 11.6 Å². The molecule has 4 heteroatoms. The van der Waals surface area contributed by atoms with E-state index in [1.807, 2.05) is 42.5 Å². The summed E-state index contributed by atoms with van der Waals surface area (Å²) in [7, 11) is 0. The van der Waals surface area contributed by atoms with E-state index in [1.165, 1.54) is 5.56 Å². The molecule has 1 heterocycles. The fraction of sp³-hybridized carbons (Fsp3) is 0.167. The van der Waals surface area contributed by atoms with Crippen LogP contribution < -0.4 is 10.5 Å². The highest BCUT2D eigenvalue weighted by atomic mass is 32.1. The first kappa shape index (κ1) is 14.6. The first-order chi connectivity index (χ1) is 10.7. The molecule has 0 aliphatic carbocycles. The van der Waals surface area contributed by atoms with Gasteiger partial charge in [-0.25, -0.2) is 4.98 Å². The number of nitrogens with two attached hydrogens (primary N) is 1. The topological polar surface area (TPSA) is 48.1 Å². The van der Waals surface area contributed by atoms with E-state index in [0.717, 1.165) is 34.1 Å². The highest BCUT2D eigenvalue weighted by Gasteiger charge is 2.05. The largest absolute Gasteiger partial charge is 0.493 e. The molecule has 0 amide bonds. The molecule has 1 aromatic heterocycles. The predicted molar refractivity (Wildman–Crippen MR) is 92.3 cm³/mol. The summed E-state index contributed by atoms with van der Waals surface area (Å²) < 4.78 is 5.77. The molecule has 0 radical (unpaired) electrons. The first-order valence-electron chi connectivity index (χ1n) is 7.20. The Kier molecular flexibility index (Phi) is 4.39. The summed E-state index contributed by atoms with van der Waals surface area (Å²) in [6, 6.07) is 15.9. The molecule has 0 aliphatic rings. The standard InChI is InChI=1S/C18H18N2OS/c1-13-4-2-7-16(10-13)21-9-8-18-20-17(12-22-18)14-5-3-6-15(19)11-14/h2-7,10-12H,8-9,19H2,1H3. The fourth-order valence-corrected chi connectivity index (χ4v) is 3.01. The second-order valence-electron chi connectivity index (χ2n) is 5.17. The summed E-state index contributed by atoms with van der Waals surface area (Å²) >= 11 is 1.66. The lowest BCUT2D eigenvalue weighted by Crippen LogP contribution is -2.01. The van der Waals surface area contributed by atoms with E-state index in [-0.39, 0.29) is 0 Å². The van der Waals surface area contributed by atoms with Crippen LogP contribution in [0.3, 0.4) is 0 Å². The molecular weight excluding hydrogens is 292 g/mol. The molecule has 0 saturated carbocycles. The van der Waals surface area contributed by atoms with Crippen LogP contribution in [0.2, 0.25) is 0 Å². The van der Waals surface area contributed by atoms with Crippen molar-refractivity contribution in [1.82, 2.24) is 4.98 Å². The summed E-state index contributed by atoms with van der Waals surface area (Å²) in [6.45, 7) is 2.69. The third kappa shape index (κ3) is 3.65. The van der Waals surface area contributed by atoms with Gasteiger partial charge < -0.3 is 10.5 Å². The minimum absolute atomic E-state index is 0.632. The molecule has 0 saturated heterocycles. The summed E-state index contributed by atoms with van der Waals surface area (Å²) in [4.78, 5) is 4.65. The molecule has 3 rings (SSSR count). The minimum Gasteiger partial charge on any atom is -0.493 e. The van der Waals surface area contributed by atoms with Gasteiger partial charge in [0.1, 0.15) is 5.75 Å². The van der Waals surface area contributed by atoms with Gasteiger partial charge in [0.15, 0.2) is 0 Å². The van der Waals surface area contributed by atoms with Gasteiger partial charge >= 0.3 is 0 Å². The molecule has 0 atom stereocenters. The van der Waals surface area contributed by atoms with Crippen LogP contribution in [0.5, 0.6) is 5.75 Å². The highest BCUT2D eigenvalue weighted by Crippen LogP contribution is 2.24. The number of benzene rings is 2. The monoisotopic (exact) mass is 310 g/mol. The Balaban J connectivity index is 1.60. The van der Waals surface area contributed by atoms with E-state index in [9.17, 15) is 0 Å². The lowest BCUT2D eigenvalue weighted by Gasteiger charge is -2.05. The SMILES string of the molecule is Cc1cccc(OCCc2nc(-c3cccc(N)c3)cs2)c1. The van der Waals surface area contributed by atoms with Crippen molar-refractivity contribution in [2.24, 2.45) is 0 Å². The second kappa shape index (κ2) is 6.62. The Hall–Kier alpha value is -2.33. The smallest absolute Gasteiger partial charge is 0.119 e. The number of hydrogen-bond donors (Lipinski definition) is 1. The molecule has 0 fully saturated rings. The van der Waals surface area contributed by atoms with Crippen molar-refractivity contribution < 1.29 is 4.74 Å². The molecule has 2 N–H and O–H groups in total. The normalized spacial score (nSPS) is 10.6. The molecule has 3 nitrogen and oxygen atoms in total. The van der Waals surface area contributed by atoms with Crippen LogP contribution >= 0.6 is 11.3 Å². The summed E-state index contributed by atoms with van der Waals surface area (Å²) in [6.07, 6.45) is 0.806. The van der Waals surface area contributed by atoms with Gasteiger partial charge in [0.05, 0.1) is 17.3 Å². The van der Waals surface area contributed by atoms with Crippen molar-refractivity contribution in [3.8, 4) is 17.0 Å². The van der Waals surface area contributed by atoms with E-state index in [0.29, 0.717) is 6.61 Å². The summed E-state index contributed by atoms with van der Waals surface area (Å²) in [5.41, 5.74) is 9.81. The zero-order valence-electron chi connectivity index (χ0n) is 12.5. The van der Waals surface area contributed by atoms with Crippen molar-refractivity contribution >= 4 is 17.0 Å². The second-order valence-corrected chi connectivity index (χ2v) is 6.11. The van der Waals surface area contributed by atoms with Crippen molar-refractivity contribution in [2.75, 3.05) is 12.3 Å². The average molecular weight is 310 g/mol. The van der Waals surface area contributed by atoms with Crippen molar-refractivity contribution in [3.05, 3.63) is 64.5 Å². The Morgan fingerprint density at radius 3 is 2.82 bits per heavy atom. The number of thiazole rings is 1. The molecule has 3 aromatic rings. The van der Waals surface area contributed by atoms with Crippen molar-refractivity contribution in [1.29, 1.82) is 0 Å². The highest BCUT2D eigenvalue weighted by molar-refractivity contribution is 7.09. The van der Waals surface area contributed by atoms with Gasteiger partial charge in [-0.1, -0.05) is 24.3 Å². The van der Waals surface area contributed by atoms with Crippen LogP contribution in [0.25, 0.3) is 11.3 Å². The zero-order valence-corrected chi connectivity index (χ0v) is 13.3. The van der Waals surface area contributed by atoms with Gasteiger partial charge in [0.2, 0.25) is 0 Å². The van der Waals surface area contributed by atoms with Crippen LogP contribution in [0.4, 0.5) is 5.69 Å². The van der Waals surface area contributed by atoms with Gasteiger partial charge in [-0.3, -0.25) is 0 Å².